The Hall–Kier alpha value is -1.32. The van der Waals surface area contributed by atoms with Gasteiger partial charge in [0, 0.05) is 4.47 Å². The third-order valence-corrected chi connectivity index (χ3v) is 2.64. The summed E-state index contributed by atoms with van der Waals surface area (Å²) in [6, 6.07) is 17.9. The van der Waals surface area contributed by atoms with Gasteiger partial charge in [-0.3, -0.25) is 10.3 Å². The van der Waals surface area contributed by atoms with Crippen LogP contribution in [-0.2, 0) is 11.4 Å². The first-order chi connectivity index (χ1) is 7.84. The van der Waals surface area contributed by atoms with E-state index in [0.717, 1.165) is 15.7 Å². The van der Waals surface area contributed by atoms with Crippen LogP contribution >= 0.6 is 15.9 Å². The summed E-state index contributed by atoms with van der Waals surface area (Å²) >= 11 is 3.38. The lowest BCUT2D eigenvalue weighted by molar-refractivity contribution is 0.180. The van der Waals surface area contributed by atoms with Crippen LogP contribution in [0.5, 0.6) is 0 Å². The summed E-state index contributed by atoms with van der Waals surface area (Å²) in [5.41, 5.74) is 4.99. The molecule has 0 aromatic heterocycles. The molecule has 0 spiro atoms. The van der Waals surface area contributed by atoms with E-state index in [9.17, 15) is 0 Å². The Bertz CT molecular complexity index is 427. The Kier molecular flexibility index (Phi) is 3.97. The highest BCUT2D eigenvalue weighted by molar-refractivity contribution is 9.10. The van der Waals surface area contributed by atoms with Crippen molar-refractivity contribution in [1.29, 1.82) is 0 Å². The first-order valence-corrected chi connectivity index (χ1v) is 5.81. The fourth-order valence-electron chi connectivity index (χ4n) is 1.29. The van der Waals surface area contributed by atoms with E-state index in [0.29, 0.717) is 6.61 Å². The molecule has 0 heterocycles. The average Bonchev–Trinajstić information content (AvgIpc) is 2.33. The van der Waals surface area contributed by atoms with Crippen molar-refractivity contribution in [3.8, 4) is 0 Å². The third-order valence-electron chi connectivity index (χ3n) is 2.12. The Morgan fingerprint density at radius 3 is 2.31 bits per heavy atom. The lowest BCUT2D eigenvalue weighted by atomic mass is 10.2. The molecule has 0 saturated carbocycles. The van der Waals surface area contributed by atoms with E-state index >= 15 is 0 Å². The SMILES string of the molecule is Brc1ccc(NOCc2ccccc2)cc1. The predicted octanol–water partition coefficient (Wildman–Crippen LogP) is 3.99. The van der Waals surface area contributed by atoms with Crippen molar-refractivity contribution >= 4 is 21.6 Å². The molecule has 3 heteroatoms. The Morgan fingerprint density at radius 1 is 0.938 bits per heavy atom. The number of benzene rings is 2. The van der Waals surface area contributed by atoms with Crippen LogP contribution < -0.4 is 5.48 Å². The molecule has 0 amide bonds. The second kappa shape index (κ2) is 5.68. The molecule has 2 nitrogen and oxygen atoms in total. The van der Waals surface area contributed by atoms with Gasteiger partial charge >= 0.3 is 0 Å². The molecule has 0 saturated heterocycles. The summed E-state index contributed by atoms with van der Waals surface area (Å²) in [5, 5.41) is 0. The summed E-state index contributed by atoms with van der Waals surface area (Å²) < 4.78 is 1.06. The lowest BCUT2D eigenvalue weighted by Gasteiger charge is -2.06. The van der Waals surface area contributed by atoms with E-state index in [-0.39, 0.29) is 0 Å². The number of anilines is 1. The molecule has 82 valence electrons. The monoisotopic (exact) mass is 277 g/mol. The van der Waals surface area contributed by atoms with Crippen LogP contribution in [0.3, 0.4) is 0 Å². The van der Waals surface area contributed by atoms with Crippen LogP contribution in [0.15, 0.2) is 59.1 Å². The molecule has 0 fully saturated rings. The molecule has 0 atom stereocenters. The van der Waals surface area contributed by atoms with Gasteiger partial charge in [-0.25, -0.2) is 0 Å². The van der Waals surface area contributed by atoms with Crippen LogP contribution in [0.2, 0.25) is 0 Å². The van der Waals surface area contributed by atoms with Gasteiger partial charge in [-0.1, -0.05) is 46.3 Å². The zero-order chi connectivity index (χ0) is 11.2. The summed E-state index contributed by atoms with van der Waals surface area (Å²) in [6.07, 6.45) is 0. The van der Waals surface area contributed by atoms with Crippen molar-refractivity contribution in [2.24, 2.45) is 0 Å². The van der Waals surface area contributed by atoms with Gasteiger partial charge in [-0.2, -0.15) is 0 Å². The van der Waals surface area contributed by atoms with Crippen LogP contribution in [0.1, 0.15) is 5.56 Å². The maximum Gasteiger partial charge on any atom is 0.0996 e. The first-order valence-electron chi connectivity index (χ1n) is 5.02. The number of halogens is 1. The highest BCUT2D eigenvalue weighted by atomic mass is 79.9. The van der Waals surface area contributed by atoms with Gasteiger partial charge in [0.1, 0.15) is 0 Å². The smallest absolute Gasteiger partial charge is 0.0996 e. The maximum absolute atomic E-state index is 5.38. The standard InChI is InChI=1S/C13H12BrNO/c14-12-6-8-13(9-7-12)15-16-10-11-4-2-1-3-5-11/h1-9,15H,10H2. The first kappa shape index (κ1) is 11.2. The van der Waals surface area contributed by atoms with Crippen molar-refractivity contribution in [2.75, 3.05) is 5.48 Å². The number of hydrogen-bond donors (Lipinski definition) is 1. The number of hydrogen-bond acceptors (Lipinski definition) is 2. The van der Waals surface area contributed by atoms with E-state index in [1.54, 1.807) is 0 Å². The van der Waals surface area contributed by atoms with Gasteiger partial charge in [0.15, 0.2) is 0 Å². The molecule has 0 aliphatic heterocycles. The Labute approximate surface area is 103 Å². The molecule has 0 aliphatic rings. The second-order valence-corrected chi connectivity index (χ2v) is 4.30. The topological polar surface area (TPSA) is 21.3 Å². The highest BCUT2D eigenvalue weighted by Gasteiger charge is 1.93. The molecule has 2 aromatic rings. The van der Waals surface area contributed by atoms with Gasteiger partial charge in [-0.05, 0) is 29.8 Å². The van der Waals surface area contributed by atoms with E-state index < -0.39 is 0 Å². The zero-order valence-electron chi connectivity index (χ0n) is 8.69. The third kappa shape index (κ3) is 3.36. The second-order valence-electron chi connectivity index (χ2n) is 3.38. The van der Waals surface area contributed by atoms with E-state index in [4.69, 9.17) is 4.84 Å². The quantitative estimate of drug-likeness (QED) is 0.854. The van der Waals surface area contributed by atoms with E-state index in [2.05, 4.69) is 21.4 Å². The van der Waals surface area contributed by atoms with Gasteiger partial charge in [0.2, 0.25) is 0 Å². The van der Waals surface area contributed by atoms with Gasteiger partial charge in [0.25, 0.3) is 0 Å². The predicted molar refractivity (Wildman–Crippen MR) is 69.0 cm³/mol. The Balaban J connectivity index is 1.82. The average molecular weight is 278 g/mol. The van der Waals surface area contributed by atoms with Gasteiger partial charge < -0.3 is 0 Å². The summed E-state index contributed by atoms with van der Waals surface area (Å²) in [6.45, 7) is 0.552. The van der Waals surface area contributed by atoms with Gasteiger partial charge in [0.05, 0.1) is 12.3 Å². The van der Waals surface area contributed by atoms with Crippen LogP contribution in [0, 0.1) is 0 Å². The molecular weight excluding hydrogens is 266 g/mol. The van der Waals surface area contributed by atoms with Crippen molar-refractivity contribution < 1.29 is 4.84 Å². The number of nitrogens with one attached hydrogen (secondary N) is 1. The molecule has 0 bridgehead atoms. The van der Waals surface area contributed by atoms with Crippen molar-refractivity contribution in [2.45, 2.75) is 6.61 Å². The Morgan fingerprint density at radius 2 is 1.62 bits per heavy atom. The van der Waals surface area contributed by atoms with Crippen LogP contribution in [0.25, 0.3) is 0 Å². The van der Waals surface area contributed by atoms with Gasteiger partial charge in [-0.15, -0.1) is 0 Å². The normalized spacial score (nSPS) is 10.1. The molecule has 0 aliphatic carbocycles. The molecule has 1 N–H and O–H groups in total. The summed E-state index contributed by atoms with van der Waals surface area (Å²) in [4.78, 5) is 5.38. The minimum absolute atomic E-state index is 0.552. The summed E-state index contributed by atoms with van der Waals surface area (Å²) in [5.74, 6) is 0. The zero-order valence-corrected chi connectivity index (χ0v) is 10.3. The minimum Gasteiger partial charge on any atom is -0.271 e. The molecule has 16 heavy (non-hydrogen) atoms. The van der Waals surface area contributed by atoms with E-state index in [1.165, 1.54) is 0 Å². The minimum atomic E-state index is 0.552. The largest absolute Gasteiger partial charge is 0.271 e. The number of rotatable bonds is 4. The molecule has 2 aromatic carbocycles. The van der Waals surface area contributed by atoms with E-state index in [1.807, 2.05) is 54.6 Å². The maximum atomic E-state index is 5.38. The highest BCUT2D eigenvalue weighted by Crippen LogP contribution is 2.14. The van der Waals surface area contributed by atoms with Crippen LogP contribution in [-0.4, -0.2) is 0 Å². The van der Waals surface area contributed by atoms with Crippen LogP contribution in [0.4, 0.5) is 5.69 Å². The van der Waals surface area contributed by atoms with Crippen molar-refractivity contribution in [3.05, 3.63) is 64.6 Å². The summed E-state index contributed by atoms with van der Waals surface area (Å²) in [7, 11) is 0. The molecule has 0 radical (unpaired) electrons. The molecule has 0 unspecified atom stereocenters. The fraction of sp³-hybridized carbons (Fsp3) is 0.0769. The molecule has 2 rings (SSSR count). The molecular formula is C13H12BrNO. The van der Waals surface area contributed by atoms with Crippen molar-refractivity contribution in [3.63, 3.8) is 0 Å². The lowest BCUT2D eigenvalue weighted by Crippen LogP contribution is -2.00. The van der Waals surface area contributed by atoms with Crippen molar-refractivity contribution in [1.82, 2.24) is 0 Å². The fourth-order valence-corrected chi connectivity index (χ4v) is 1.56.